The minimum absolute atomic E-state index is 0.188. The Hall–Kier alpha value is -0.780. The Balaban J connectivity index is 2.40. The first-order valence-corrected chi connectivity index (χ1v) is 6.66. The van der Waals surface area contributed by atoms with Gasteiger partial charge < -0.3 is 19.3 Å². The molecule has 5 heteroatoms. The Morgan fingerprint density at radius 1 is 1.28 bits per heavy atom. The van der Waals surface area contributed by atoms with E-state index in [-0.39, 0.29) is 12.2 Å². The van der Waals surface area contributed by atoms with Gasteiger partial charge in [-0.3, -0.25) is 0 Å². The summed E-state index contributed by atoms with van der Waals surface area (Å²) in [6.07, 6.45) is 0.722. The fraction of sp³-hybridized carbons (Fsp3) is 0.538. The summed E-state index contributed by atoms with van der Waals surface area (Å²) in [4.78, 5) is 0. The molecule has 4 nitrogen and oxygen atoms in total. The summed E-state index contributed by atoms with van der Waals surface area (Å²) in [5, 5.41) is 9.75. The topological polar surface area (TPSA) is 47.9 Å². The van der Waals surface area contributed by atoms with Crippen molar-refractivity contribution in [3.05, 3.63) is 22.2 Å². The van der Waals surface area contributed by atoms with Crippen molar-refractivity contribution >= 4 is 15.9 Å². The molecule has 2 atom stereocenters. The average molecular weight is 317 g/mol. The highest BCUT2D eigenvalue weighted by atomic mass is 79.9. The molecule has 1 N–H and O–H groups in total. The van der Waals surface area contributed by atoms with Crippen LogP contribution in [0.5, 0.6) is 11.5 Å². The van der Waals surface area contributed by atoms with Gasteiger partial charge in [0.15, 0.2) is 0 Å². The summed E-state index contributed by atoms with van der Waals surface area (Å²) in [5.74, 6) is 1.42. The zero-order valence-electron chi connectivity index (χ0n) is 10.5. The lowest BCUT2D eigenvalue weighted by atomic mass is 9.97. The molecule has 0 bridgehead atoms. The van der Waals surface area contributed by atoms with Crippen molar-refractivity contribution in [3.8, 4) is 11.5 Å². The van der Waals surface area contributed by atoms with Gasteiger partial charge >= 0.3 is 0 Å². The number of hydrogen-bond donors (Lipinski definition) is 1. The van der Waals surface area contributed by atoms with Crippen LogP contribution in [-0.4, -0.2) is 32.0 Å². The van der Waals surface area contributed by atoms with Crippen molar-refractivity contribution in [1.82, 2.24) is 0 Å². The maximum Gasteiger partial charge on any atom is 0.129 e. The summed E-state index contributed by atoms with van der Waals surface area (Å²) in [6.45, 7) is 0.550. The first-order chi connectivity index (χ1) is 8.65. The maximum absolute atomic E-state index is 9.75. The maximum atomic E-state index is 9.75. The second kappa shape index (κ2) is 5.91. The molecule has 2 rings (SSSR count). The molecule has 0 saturated carbocycles. The number of halogens is 1. The van der Waals surface area contributed by atoms with Crippen LogP contribution in [0.25, 0.3) is 0 Å². The van der Waals surface area contributed by atoms with Crippen molar-refractivity contribution in [1.29, 1.82) is 0 Å². The van der Waals surface area contributed by atoms with E-state index in [0.717, 1.165) is 10.0 Å². The Kier molecular flexibility index (Phi) is 4.48. The van der Waals surface area contributed by atoms with Crippen LogP contribution in [0.4, 0.5) is 0 Å². The molecule has 100 valence electrons. The number of benzene rings is 1. The van der Waals surface area contributed by atoms with E-state index in [1.165, 1.54) is 0 Å². The Labute approximate surface area is 115 Å². The fourth-order valence-electron chi connectivity index (χ4n) is 2.20. The third-order valence-corrected chi connectivity index (χ3v) is 3.54. The van der Waals surface area contributed by atoms with Crippen molar-refractivity contribution in [3.63, 3.8) is 0 Å². The van der Waals surface area contributed by atoms with Crippen LogP contribution in [0, 0.1) is 0 Å². The molecule has 1 aliphatic heterocycles. The lowest BCUT2D eigenvalue weighted by molar-refractivity contribution is -0.0463. The standard InChI is InChI=1S/C13H17BrO4/c1-16-10-5-8(14)6-11(17-2)13(10)12-7-9(15)3-4-18-12/h5-6,9,12,15H,3-4,7H2,1-2H3. The van der Waals surface area contributed by atoms with E-state index in [4.69, 9.17) is 14.2 Å². The molecule has 1 aromatic rings. The van der Waals surface area contributed by atoms with Gasteiger partial charge in [0.1, 0.15) is 11.5 Å². The van der Waals surface area contributed by atoms with Crippen LogP contribution in [0.1, 0.15) is 24.5 Å². The predicted molar refractivity (Wildman–Crippen MR) is 71.2 cm³/mol. The van der Waals surface area contributed by atoms with E-state index in [0.29, 0.717) is 30.9 Å². The molecule has 0 aliphatic carbocycles. The number of methoxy groups -OCH3 is 2. The van der Waals surface area contributed by atoms with Gasteiger partial charge in [-0.05, 0) is 18.6 Å². The van der Waals surface area contributed by atoms with Gasteiger partial charge in [-0.2, -0.15) is 0 Å². The fourth-order valence-corrected chi connectivity index (χ4v) is 2.62. The second-order valence-corrected chi connectivity index (χ2v) is 5.18. The van der Waals surface area contributed by atoms with Gasteiger partial charge in [0.25, 0.3) is 0 Å². The summed E-state index contributed by atoms with van der Waals surface area (Å²) in [5.41, 5.74) is 0.863. The average Bonchev–Trinajstić information content (AvgIpc) is 2.37. The molecule has 0 aromatic heterocycles. The van der Waals surface area contributed by atoms with E-state index < -0.39 is 0 Å². The molecule has 18 heavy (non-hydrogen) atoms. The van der Waals surface area contributed by atoms with Crippen molar-refractivity contribution in [2.24, 2.45) is 0 Å². The van der Waals surface area contributed by atoms with Crippen LogP contribution < -0.4 is 9.47 Å². The number of aliphatic hydroxyl groups excluding tert-OH is 1. The van der Waals surface area contributed by atoms with Crippen LogP contribution >= 0.6 is 15.9 Å². The zero-order valence-corrected chi connectivity index (χ0v) is 12.1. The quantitative estimate of drug-likeness (QED) is 0.931. The number of ether oxygens (including phenoxy) is 3. The second-order valence-electron chi connectivity index (χ2n) is 4.26. The van der Waals surface area contributed by atoms with E-state index in [2.05, 4.69) is 15.9 Å². The largest absolute Gasteiger partial charge is 0.496 e. The van der Waals surface area contributed by atoms with Gasteiger partial charge in [0.05, 0.1) is 32.0 Å². The molecule has 1 heterocycles. The molecule has 0 amide bonds. The van der Waals surface area contributed by atoms with Crippen molar-refractivity contribution in [2.75, 3.05) is 20.8 Å². The SMILES string of the molecule is COc1cc(Br)cc(OC)c1C1CC(O)CCO1. The van der Waals surface area contributed by atoms with Gasteiger partial charge in [0, 0.05) is 17.5 Å². The van der Waals surface area contributed by atoms with Gasteiger partial charge in [0.2, 0.25) is 0 Å². The lowest BCUT2D eigenvalue weighted by Crippen LogP contribution is -2.24. The van der Waals surface area contributed by atoms with Gasteiger partial charge in [-0.15, -0.1) is 0 Å². The molecule has 2 unspecified atom stereocenters. The number of hydrogen-bond acceptors (Lipinski definition) is 4. The summed E-state index contributed by atoms with van der Waals surface area (Å²) in [6, 6.07) is 3.75. The molecule has 1 fully saturated rings. The van der Waals surface area contributed by atoms with Gasteiger partial charge in [-0.25, -0.2) is 0 Å². The van der Waals surface area contributed by atoms with E-state index in [9.17, 15) is 5.11 Å². The molecule has 0 spiro atoms. The molecule has 1 aromatic carbocycles. The molecule has 0 radical (unpaired) electrons. The molecule has 1 saturated heterocycles. The van der Waals surface area contributed by atoms with Crippen LogP contribution in [0.15, 0.2) is 16.6 Å². The van der Waals surface area contributed by atoms with Crippen LogP contribution in [0.3, 0.4) is 0 Å². The minimum Gasteiger partial charge on any atom is -0.496 e. The molecular formula is C13H17BrO4. The first kappa shape index (κ1) is 13.6. The highest BCUT2D eigenvalue weighted by Gasteiger charge is 2.28. The third kappa shape index (κ3) is 2.79. The van der Waals surface area contributed by atoms with Crippen molar-refractivity contribution in [2.45, 2.75) is 25.0 Å². The summed E-state index contributed by atoms with van der Waals surface area (Å²) >= 11 is 3.41. The molecular weight excluding hydrogens is 300 g/mol. The Morgan fingerprint density at radius 2 is 1.89 bits per heavy atom. The van der Waals surface area contributed by atoms with Crippen LogP contribution in [0.2, 0.25) is 0 Å². The normalized spacial score (nSPS) is 23.8. The first-order valence-electron chi connectivity index (χ1n) is 5.86. The van der Waals surface area contributed by atoms with Gasteiger partial charge in [-0.1, -0.05) is 15.9 Å². The highest BCUT2D eigenvalue weighted by Crippen LogP contribution is 2.42. The Morgan fingerprint density at radius 3 is 2.39 bits per heavy atom. The monoisotopic (exact) mass is 316 g/mol. The number of aliphatic hydroxyl groups is 1. The van der Waals surface area contributed by atoms with E-state index in [1.807, 2.05) is 12.1 Å². The van der Waals surface area contributed by atoms with Crippen LogP contribution in [-0.2, 0) is 4.74 Å². The molecule has 1 aliphatic rings. The zero-order chi connectivity index (χ0) is 13.1. The predicted octanol–water partition coefficient (Wildman–Crippen LogP) is 2.68. The van der Waals surface area contributed by atoms with E-state index >= 15 is 0 Å². The Bertz CT molecular complexity index is 396. The third-order valence-electron chi connectivity index (χ3n) is 3.09. The van der Waals surface area contributed by atoms with E-state index in [1.54, 1.807) is 14.2 Å². The number of rotatable bonds is 3. The smallest absolute Gasteiger partial charge is 0.129 e. The summed E-state index contributed by atoms with van der Waals surface area (Å²) < 4.78 is 17.4. The highest BCUT2D eigenvalue weighted by molar-refractivity contribution is 9.10. The van der Waals surface area contributed by atoms with Crippen molar-refractivity contribution < 1.29 is 19.3 Å². The minimum atomic E-state index is -0.332. The summed E-state index contributed by atoms with van der Waals surface area (Å²) in [7, 11) is 3.23. The lowest BCUT2D eigenvalue weighted by Gasteiger charge is -2.29.